The number of hydrogen-bond donors (Lipinski definition) is 0. The van der Waals surface area contributed by atoms with Gasteiger partial charge in [0.2, 0.25) is 12.7 Å². The molecule has 132 valence electrons. The number of amides is 1. The van der Waals surface area contributed by atoms with E-state index in [2.05, 4.69) is 17.1 Å². The molecule has 0 radical (unpaired) electrons. The van der Waals surface area contributed by atoms with Crippen LogP contribution >= 0.6 is 0 Å². The van der Waals surface area contributed by atoms with Gasteiger partial charge in [-0.25, -0.2) is 0 Å². The van der Waals surface area contributed by atoms with Crippen LogP contribution in [0, 0.1) is 0 Å². The monoisotopic (exact) mass is 343 g/mol. The van der Waals surface area contributed by atoms with Crippen molar-refractivity contribution in [3.63, 3.8) is 0 Å². The van der Waals surface area contributed by atoms with Gasteiger partial charge in [-0.05, 0) is 43.9 Å². The first-order chi connectivity index (χ1) is 12.3. The molecule has 0 aliphatic carbocycles. The molecule has 1 aromatic carbocycles. The number of hydrogen-bond acceptors (Lipinski definition) is 6. The summed E-state index contributed by atoms with van der Waals surface area (Å²) in [5.74, 6) is 2.49. The van der Waals surface area contributed by atoms with Crippen molar-refractivity contribution in [2.45, 2.75) is 45.1 Å². The number of likely N-dealkylation sites (tertiary alicyclic amines) is 1. The van der Waals surface area contributed by atoms with Gasteiger partial charge in [0.1, 0.15) is 6.04 Å². The molecule has 7 heteroatoms. The molecular weight excluding hydrogens is 322 g/mol. The molecule has 4 rings (SSSR count). The maximum atomic E-state index is 13.1. The van der Waals surface area contributed by atoms with Crippen molar-refractivity contribution in [1.82, 2.24) is 15.0 Å². The number of benzene rings is 1. The Labute approximate surface area is 145 Å². The van der Waals surface area contributed by atoms with Crippen LogP contribution < -0.4 is 9.47 Å². The molecule has 7 nitrogen and oxygen atoms in total. The number of piperidine rings is 1. The van der Waals surface area contributed by atoms with Crippen LogP contribution in [0.5, 0.6) is 11.5 Å². The average molecular weight is 343 g/mol. The van der Waals surface area contributed by atoms with E-state index in [-0.39, 0.29) is 18.7 Å². The van der Waals surface area contributed by atoms with Crippen LogP contribution in [0.3, 0.4) is 0 Å². The molecule has 0 spiro atoms. The number of aryl methyl sites for hydroxylation is 1. The summed E-state index contributed by atoms with van der Waals surface area (Å²) in [5, 5.41) is 4.03. The first-order valence-electron chi connectivity index (χ1n) is 8.79. The zero-order valence-electron chi connectivity index (χ0n) is 14.2. The average Bonchev–Trinajstić information content (AvgIpc) is 3.30. The second kappa shape index (κ2) is 6.74. The van der Waals surface area contributed by atoms with E-state index in [9.17, 15) is 4.79 Å². The third-order valence-corrected chi connectivity index (χ3v) is 4.63. The minimum Gasteiger partial charge on any atom is -0.454 e. The predicted octanol–water partition coefficient (Wildman–Crippen LogP) is 3.12. The van der Waals surface area contributed by atoms with Crippen LogP contribution in [-0.4, -0.2) is 34.3 Å². The molecule has 0 bridgehead atoms. The van der Waals surface area contributed by atoms with Crippen LogP contribution in [0.25, 0.3) is 0 Å². The molecule has 1 fully saturated rings. The number of nitrogens with zero attached hydrogens (tertiary/aromatic N) is 3. The summed E-state index contributed by atoms with van der Waals surface area (Å²) >= 11 is 0. The van der Waals surface area contributed by atoms with Gasteiger partial charge in [0.05, 0.1) is 0 Å². The minimum absolute atomic E-state index is 0.0433. The molecule has 3 heterocycles. The quantitative estimate of drug-likeness (QED) is 0.849. The van der Waals surface area contributed by atoms with Crippen molar-refractivity contribution in [2.75, 3.05) is 13.3 Å². The molecule has 1 atom stereocenters. The van der Waals surface area contributed by atoms with Gasteiger partial charge >= 0.3 is 0 Å². The first kappa shape index (κ1) is 15.9. The number of carbonyl (C=O) groups excluding carboxylic acids is 1. The van der Waals surface area contributed by atoms with Crippen molar-refractivity contribution >= 4 is 5.91 Å². The minimum atomic E-state index is -0.162. The molecule has 0 unspecified atom stereocenters. The summed E-state index contributed by atoms with van der Waals surface area (Å²) < 4.78 is 16.1. The maximum absolute atomic E-state index is 13.1. The molecule has 2 aliphatic rings. The van der Waals surface area contributed by atoms with Gasteiger partial charge in [0.15, 0.2) is 17.3 Å². The number of aromatic nitrogens is 2. The zero-order valence-corrected chi connectivity index (χ0v) is 14.2. The lowest BCUT2D eigenvalue weighted by molar-refractivity contribution is 0.0561. The van der Waals surface area contributed by atoms with E-state index >= 15 is 0 Å². The number of fused-ring (bicyclic) bond motifs is 1. The van der Waals surface area contributed by atoms with Crippen LogP contribution in [-0.2, 0) is 6.42 Å². The lowest BCUT2D eigenvalue weighted by Crippen LogP contribution is -2.38. The molecule has 2 aliphatic heterocycles. The lowest BCUT2D eigenvalue weighted by Gasteiger charge is -2.33. The van der Waals surface area contributed by atoms with Crippen LogP contribution in [0.2, 0.25) is 0 Å². The standard InChI is InChI=1S/C18H21N3O4/c1-2-5-16-19-17(25-20-16)13-6-3-4-9-21(13)18(22)12-7-8-14-15(10-12)24-11-23-14/h7-8,10,13H,2-6,9,11H2,1H3/t13-/m1/s1. The van der Waals surface area contributed by atoms with Gasteiger partial charge in [0.25, 0.3) is 5.91 Å². The Kier molecular flexibility index (Phi) is 4.29. The molecule has 1 aromatic heterocycles. The van der Waals surface area contributed by atoms with Gasteiger partial charge in [-0.3, -0.25) is 4.79 Å². The van der Waals surface area contributed by atoms with Gasteiger partial charge in [-0.2, -0.15) is 4.98 Å². The van der Waals surface area contributed by atoms with E-state index < -0.39 is 0 Å². The maximum Gasteiger partial charge on any atom is 0.254 e. The Morgan fingerprint density at radius 2 is 2.16 bits per heavy atom. The van der Waals surface area contributed by atoms with E-state index in [0.717, 1.165) is 32.1 Å². The van der Waals surface area contributed by atoms with Crippen molar-refractivity contribution < 1.29 is 18.8 Å². The Bertz CT molecular complexity index is 773. The van der Waals surface area contributed by atoms with Gasteiger partial charge in [-0.15, -0.1) is 0 Å². The normalized spacial score (nSPS) is 19.2. The van der Waals surface area contributed by atoms with Gasteiger partial charge in [-0.1, -0.05) is 12.1 Å². The van der Waals surface area contributed by atoms with Crippen molar-refractivity contribution in [3.05, 3.63) is 35.5 Å². The second-order valence-electron chi connectivity index (χ2n) is 6.38. The molecule has 25 heavy (non-hydrogen) atoms. The Morgan fingerprint density at radius 1 is 1.28 bits per heavy atom. The summed E-state index contributed by atoms with van der Waals surface area (Å²) in [6.07, 6.45) is 4.60. The predicted molar refractivity (Wildman–Crippen MR) is 88.5 cm³/mol. The fraction of sp³-hybridized carbons (Fsp3) is 0.500. The SMILES string of the molecule is CCCc1noc([C@H]2CCCCN2C(=O)c2ccc3c(c2)OCO3)n1. The molecule has 0 saturated carbocycles. The first-order valence-corrected chi connectivity index (χ1v) is 8.79. The summed E-state index contributed by atoms with van der Waals surface area (Å²) in [6.45, 7) is 2.96. The highest BCUT2D eigenvalue weighted by molar-refractivity contribution is 5.95. The van der Waals surface area contributed by atoms with Crippen molar-refractivity contribution in [1.29, 1.82) is 0 Å². The fourth-order valence-electron chi connectivity index (χ4n) is 3.35. The number of carbonyl (C=O) groups is 1. The summed E-state index contributed by atoms with van der Waals surface area (Å²) in [7, 11) is 0. The Morgan fingerprint density at radius 3 is 3.04 bits per heavy atom. The number of ether oxygens (including phenoxy) is 2. The third kappa shape index (κ3) is 3.06. The van der Waals surface area contributed by atoms with E-state index in [1.165, 1.54) is 0 Å². The highest BCUT2D eigenvalue weighted by Gasteiger charge is 2.33. The number of rotatable bonds is 4. The largest absolute Gasteiger partial charge is 0.454 e. The highest BCUT2D eigenvalue weighted by Crippen LogP contribution is 2.35. The second-order valence-corrected chi connectivity index (χ2v) is 6.38. The van der Waals surface area contributed by atoms with Crippen LogP contribution in [0.15, 0.2) is 22.7 Å². The summed E-state index contributed by atoms with van der Waals surface area (Å²) in [5.41, 5.74) is 0.587. The summed E-state index contributed by atoms with van der Waals surface area (Å²) in [6, 6.07) is 5.13. The van der Waals surface area contributed by atoms with Crippen LogP contribution in [0.1, 0.15) is 60.7 Å². The van der Waals surface area contributed by atoms with E-state index in [1.54, 1.807) is 18.2 Å². The van der Waals surface area contributed by atoms with Gasteiger partial charge in [0, 0.05) is 18.5 Å². The Balaban J connectivity index is 1.58. The fourth-order valence-corrected chi connectivity index (χ4v) is 3.35. The third-order valence-electron chi connectivity index (χ3n) is 4.63. The molecule has 2 aromatic rings. The molecular formula is C18H21N3O4. The van der Waals surface area contributed by atoms with E-state index in [1.807, 2.05) is 4.90 Å². The van der Waals surface area contributed by atoms with Crippen molar-refractivity contribution in [3.8, 4) is 11.5 Å². The van der Waals surface area contributed by atoms with E-state index in [4.69, 9.17) is 14.0 Å². The molecule has 1 saturated heterocycles. The Hall–Kier alpha value is -2.57. The summed E-state index contributed by atoms with van der Waals surface area (Å²) in [4.78, 5) is 19.4. The lowest BCUT2D eigenvalue weighted by atomic mass is 10.0. The molecule has 1 amide bonds. The topological polar surface area (TPSA) is 77.7 Å². The smallest absolute Gasteiger partial charge is 0.254 e. The van der Waals surface area contributed by atoms with Gasteiger partial charge < -0.3 is 18.9 Å². The van der Waals surface area contributed by atoms with E-state index in [0.29, 0.717) is 35.3 Å². The van der Waals surface area contributed by atoms with Crippen LogP contribution in [0.4, 0.5) is 0 Å². The zero-order chi connectivity index (χ0) is 17.2. The highest BCUT2D eigenvalue weighted by atomic mass is 16.7. The molecule has 0 N–H and O–H groups in total. The van der Waals surface area contributed by atoms with Crippen molar-refractivity contribution in [2.24, 2.45) is 0 Å².